The number of nitrogens with one attached hydrogen (secondary N) is 1. The topological polar surface area (TPSA) is 64.6 Å². The van der Waals surface area contributed by atoms with Gasteiger partial charge in [-0.2, -0.15) is 0 Å². The number of hydrogen-bond donors (Lipinski definition) is 1. The van der Waals surface area contributed by atoms with E-state index in [0.29, 0.717) is 19.4 Å². The van der Waals surface area contributed by atoms with Crippen LogP contribution in [0.25, 0.3) is 0 Å². The lowest BCUT2D eigenvalue weighted by atomic mass is 10.0. The third-order valence-electron chi connectivity index (χ3n) is 4.13. The Morgan fingerprint density at radius 2 is 1.91 bits per heavy atom. The molecule has 0 aliphatic heterocycles. The van der Waals surface area contributed by atoms with E-state index in [1.807, 2.05) is 31.2 Å². The number of carbonyl (C=O) groups excluding carboxylic acids is 2. The maximum Gasteiger partial charge on any atom is 0.319 e. The Morgan fingerprint density at radius 3 is 2.41 bits per heavy atom. The van der Waals surface area contributed by atoms with Crippen LogP contribution in [0.2, 0.25) is 0 Å². The molecule has 0 bridgehead atoms. The van der Waals surface area contributed by atoms with Crippen molar-refractivity contribution in [3.63, 3.8) is 0 Å². The molecule has 1 aliphatic rings. The first kappa shape index (κ1) is 16.5. The lowest BCUT2D eigenvalue weighted by Gasteiger charge is -2.17. The second-order valence-corrected chi connectivity index (χ2v) is 5.60. The van der Waals surface area contributed by atoms with Crippen molar-refractivity contribution in [2.45, 2.75) is 32.7 Å². The number of rotatable bonds is 8. The standard InChI is InChI=1S/C17H23NO4/c1-4-22-16(20)17(9-10-17)15(19)11-18-12(2)13-5-7-14(21-3)8-6-13/h5-8,12,18H,4,9-11H2,1-3H3/t12-/m1/s1. The zero-order chi connectivity index (χ0) is 16.2. The number of ether oxygens (including phenoxy) is 2. The first-order chi connectivity index (χ1) is 10.5. The molecule has 1 N–H and O–H groups in total. The highest BCUT2D eigenvalue weighted by Crippen LogP contribution is 2.47. The largest absolute Gasteiger partial charge is 0.497 e. The van der Waals surface area contributed by atoms with E-state index in [2.05, 4.69) is 5.32 Å². The van der Waals surface area contributed by atoms with Crippen molar-refractivity contribution >= 4 is 11.8 Å². The molecule has 1 fully saturated rings. The van der Waals surface area contributed by atoms with Crippen molar-refractivity contribution in [1.82, 2.24) is 5.32 Å². The van der Waals surface area contributed by atoms with E-state index in [0.717, 1.165) is 11.3 Å². The summed E-state index contributed by atoms with van der Waals surface area (Å²) in [6.45, 7) is 4.22. The van der Waals surface area contributed by atoms with Gasteiger partial charge in [0, 0.05) is 6.04 Å². The fourth-order valence-electron chi connectivity index (χ4n) is 2.42. The van der Waals surface area contributed by atoms with Crippen molar-refractivity contribution in [3.05, 3.63) is 29.8 Å². The van der Waals surface area contributed by atoms with E-state index in [-0.39, 0.29) is 24.3 Å². The van der Waals surface area contributed by atoms with Crippen LogP contribution < -0.4 is 10.1 Å². The van der Waals surface area contributed by atoms with Gasteiger partial charge in [0.1, 0.15) is 11.2 Å². The molecule has 1 saturated carbocycles. The molecule has 0 unspecified atom stereocenters. The fourth-order valence-corrected chi connectivity index (χ4v) is 2.42. The van der Waals surface area contributed by atoms with Crippen LogP contribution in [0.4, 0.5) is 0 Å². The van der Waals surface area contributed by atoms with E-state index in [9.17, 15) is 9.59 Å². The van der Waals surface area contributed by atoms with Crippen LogP contribution >= 0.6 is 0 Å². The molecule has 1 aromatic carbocycles. The molecule has 1 aliphatic carbocycles. The number of carbonyl (C=O) groups is 2. The molecule has 0 aromatic heterocycles. The van der Waals surface area contributed by atoms with Crippen molar-refractivity contribution in [1.29, 1.82) is 0 Å². The average Bonchev–Trinajstić information content (AvgIpc) is 3.34. The van der Waals surface area contributed by atoms with Crippen LogP contribution in [0.1, 0.15) is 38.3 Å². The van der Waals surface area contributed by atoms with Crippen LogP contribution in [0.3, 0.4) is 0 Å². The SMILES string of the molecule is CCOC(=O)C1(C(=O)CN[C@H](C)c2ccc(OC)cc2)CC1. The number of esters is 1. The minimum absolute atomic E-state index is 0.0212. The normalized spacial score (nSPS) is 16.7. The maximum absolute atomic E-state index is 12.3. The minimum atomic E-state index is -0.886. The Kier molecular flexibility index (Phi) is 5.19. The van der Waals surface area contributed by atoms with Gasteiger partial charge in [-0.25, -0.2) is 0 Å². The van der Waals surface area contributed by atoms with Crippen LogP contribution in [-0.4, -0.2) is 32.0 Å². The summed E-state index contributed by atoms with van der Waals surface area (Å²) in [5, 5.41) is 3.18. The number of benzene rings is 1. The lowest BCUT2D eigenvalue weighted by molar-refractivity contribution is -0.153. The van der Waals surface area contributed by atoms with E-state index >= 15 is 0 Å². The van der Waals surface area contributed by atoms with Gasteiger partial charge in [0.05, 0.1) is 20.3 Å². The molecule has 5 nitrogen and oxygen atoms in total. The zero-order valence-electron chi connectivity index (χ0n) is 13.3. The summed E-state index contributed by atoms with van der Waals surface area (Å²) in [5.41, 5.74) is 0.178. The average molecular weight is 305 g/mol. The van der Waals surface area contributed by atoms with Crippen LogP contribution in [0.5, 0.6) is 5.75 Å². The number of hydrogen-bond acceptors (Lipinski definition) is 5. The highest BCUT2D eigenvalue weighted by atomic mass is 16.5. The van der Waals surface area contributed by atoms with E-state index in [1.54, 1.807) is 14.0 Å². The van der Waals surface area contributed by atoms with Crippen LogP contribution in [-0.2, 0) is 14.3 Å². The van der Waals surface area contributed by atoms with E-state index in [1.165, 1.54) is 0 Å². The van der Waals surface area contributed by atoms with Gasteiger partial charge in [0.2, 0.25) is 0 Å². The van der Waals surface area contributed by atoms with Gasteiger partial charge in [-0.05, 0) is 44.4 Å². The zero-order valence-corrected chi connectivity index (χ0v) is 13.3. The summed E-state index contributed by atoms with van der Waals surface area (Å²) in [6, 6.07) is 7.71. The Balaban J connectivity index is 1.89. The quantitative estimate of drug-likeness (QED) is 0.589. The van der Waals surface area contributed by atoms with Crippen molar-refractivity contribution < 1.29 is 19.1 Å². The molecule has 1 aromatic rings. The minimum Gasteiger partial charge on any atom is -0.497 e. The number of Topliss-reactive ketones (excluding diaryl/α,β-unsaturated/α-hetero) is 1. The van der Waals surface area contributed by atoms with Crippen LogP contribution in [0, 0.1) is 5.41 Å². The molecule has 0 amide bonds. The smallest absolute Gasteiger partial charge is 0.319 e. The second kappa shape index (κ2) is 6.92. The highest BCUT2D eigenvalue weighted by molar-refractivity contribution is 6.07. The summed E-state index contributed by atoms with van der Waals surface area (Å²) >= 11 is 0. The fraction of sp³-hybridized carbons (Fsp3) is 0.529. The van der Waals surface area contributed by atoms with Gasteiger partial charge in [-0.1, -0.05) is 12.1 Å². The highest BCUT2D eigenvalue weighted by Gasteiger charge is 2.57. The molecule has 1 atom stereocenters. The van der Waals surface area contributed by atoms with Gasteiger partial charge in [0.15, 0.2) is 5.78 Å². The predicted molar refractivity (Wildman–Crippen MR) is 82.7 cm³/mol. The molecule has 22 heavy (non-hydrogen) atoms. The Bertz CT molecular complexity index is 534. The number of ketones is 1. The van der Waals surface area contributed by atoms with Gasteiger partial charge in [0.25, 0.3) is 0 Å². The maximum atomic E-state index is 12.3. The third kappa shape index (κ3) is 3.47. The number of methoxy groups -OCH3 is 1. The Labute approximate surface area is 131 Å². The summed E-state index contributed by atoms with van der Waals surface area (Å²) in [4.78, 5) is 24.2. The van der Waals surface area contributed by atoms with Crippen molar-refractivity contribution in [2.75, 3.05) is 20.3 Å². The first-order valence-corrected chi connectivity index (χ1v) is 7.61. The van der Waals surface area contributed by atoms with E-state index < -0.39 is 5.41 Å². The monoisotopic (exact) mass is 305 g/mol. The molecule has 5 heteroatoms. The van der Waals surface area contributed by atoms with Crippen molar-refractivity contribution in [3.8, 4) is 5.75 Å². The molecule has 0 heterocycles. The molecular formula is C17H23NO4. The molecule has 120 valence electrons. The summed E-state index contributed by atoms with van der Waals surface area (Å²) < 4.78 is 10.1. The third-order valence-corrected chi connectivity index (χ3v) is 4.13. The van der Waals surface area contributed by atoms with Crippen LogP contribution in [0.15, 0.2) is 24.3 Å². The lowest BCUT2D eigenvalue weighted by Crippen LogP contribution is -2.36. The molecular weight excluding hydrogens is 282 g/mol. The predicted octanol–water partition coefficient (Wildman–Crippen LogP) is 2.26. The van der Waals surface area contributed by atoms with E-state index in [4.69, 9.17) is 9.47 Å². The summed E-state index contributed by atoms with van der Waals surface area (Å²) in [6.07, 6.45) is 1.20. The van der Waals surface area contributed by atoms with Gasteiger partial charge in [-0.15, -0.1) is 0 Å². The molecule has 0 spiro atoms. The molecule has 2 rings (SSSR count). The molecule has 0 saturated heterocycles. The molecule has 0 radical (unpaired) electrons. The Morgan fingerprint density at radius 1 is 1.27 bits per heavy atom. The van der Waals surface area contributed by atoms with Gasteiger partial charge in [-0.3, -0.25) is 9.59 Å². The first-order valence-electron chi connectivity index (χ1n) is 7.61. The van der Waals surface area contributed by atoms with Gasteiger partial charge < -0.3 is 14.8 Å². The van der Waals surface area contributed by atoms with Crippen molar-refractivity contribution in [2.24, 2.45) is 5.41 Å². The van der Waals surface area contributed by atoms with Gasteiger partial charge >= 0.3 is 5.97 Å². The Hall–Kier alpha value is -1.88. The summed E-state index contributed by atoms with van der Waals surface area (Å²) in [5.74, 6) is 0.344. The second-order valence-electron chi connectivity index (χ2n) is 5.60. The summed E-state index contributed by atoms with van der Waals surface area (Å²) in [7, 11) is 1.62.